The first-order valence-electron chi connectivity index (χ1n) is 8.89. The number of fused-ring (bicyclic) bond motifs is 2. The molecule has 0 radical (unpaired) electrons. The van der Waals surface area contributed by atoms with Crippen LogP contribution in [0.4, 0.5) is 10.5 Å². The van der Waals surface area contributed by atoms with Crippen LogP contribution < -0.4 is 15.5 Å². The van der Waals surface area contributed by atoms with E-state index in [9.17, 15) is 4.79 Å². The van der Waals surface area contributed by atoms with Crippen molar-refractivity contribution in [3.63, 3.8) is 0 Å². The highest BCUT2D eigenvalue weighted by Gasteiger charge is 2.48. The van der Waals surface area contributed by atoms with Crippen LogP contribution in [0.5, 0.6) is 0 Å². The minimum absolute atomic E-state index is 0.0923. The highest BCUT2D eigenvalue weighted by molar-refractivity contribution is 6.30. The first-order valence-corrected chi connectivity index (χ1v) is 9.26. The molecule has 2 unspecified atom stereocenters. The van der Waals surface area contributed by atoms with Crippen LogP contribution in [0.1, 0.15) is 44.9 Å². The molecule has 4 nitrogen and oxygen atoms in total. The third kappa shape index (κ3) is 3.48. The van der Waals surface area contributed by atoms with Crippen molar-refractivity contribution >= 4 is 23.3 Å². The van der Waals surface area contributed by atoms with E-state index in [1.54, 1.807) is 12.1 Å². The summed E-state index contributed by atoms with van der Waals surface area (Å²) in [5.41, 5.74) is 0.785. The second kappa shape index (κ2) is 6.33. The third-order valence-electron chi connectivity index (χ3n) is 5.67. The number of halogens is 1. The molecule has 2 saturated heterocycles. The van der Waals surface area contributed by atoms with Crippen LogP contribution in [0.25, 0.3) is 0 Å². The SMILES string of the molecule is O=C(Nc1ccc(Cl)cc1)NC1C[C@H]2CCC[C@@H](C1)[NH+]2C1CC1. The predicted molar refractivity (Wildman–Crippen MR) is 92.0 cm³/mol. The maximum atomic E-state index is 12.3. The fraction of sp³-hybridized carbons (Fsp3) is 0.611. The van der Waals surface area contributed by atoms with Gasteiger partial charge in [0.25, 0.3) is 0 Å². The van der Waals surface area contributed by atoms with Gasteiger partial charge < -0.3 is 15.5 Å². The summed E-state index contributed by atoms with van der Waals surface area (Å²) in [6.45, 7) is 0. The number of anilines is 1. The summed E-state index contributed by atoms with van der Waals surface area (Å²) >= 11 is 5.87. The lowest BCUT2D eigenvalue weighted by atomic mass is 9.81. The van der Waals surface area contributed by atoms with E-state index in [0.717, 1.165) is 36.7 Å². The molecule has 4 atom stereocenters. The average Bonchev–Trinajstić information content (AvgIpc) is 3.33. The maximum absolute atomic E-state index is 12.3. The average molecular weight is 335 g/mol. The van der Waals surface area contributed by atoms with Gasteiger partial charge in [0.05, 0.1) is 18.1 Å². The smallest absolute Gasteiger partial charge is 0.319 e. The van der Waals surface area contributed by atoms with Gasteiger partial charge >= 0.3 is 6.03 Å². The van der Waals surface area contributed by atoms with Crippen LogP contribution in [-0.4, -0.2) is 30.2 Å². The molecule has 3 N–H and O–H groups in total. The van der Waals surface area contributed by atoms with E-state index in [1.807, 2.05) is 17.0 Å². The molecule has 1 aromatic rings. The minimum Gasteiger partial charge on any atom is -0.335 e. The van der Waals surface area contributed by atoms with E-state index >= 15 is 0 Å². The second-order valence-corrected chi connectivity index (χ2v) is 7.81. The minimum atomic E-state index is -0.0923. The Morgan fingerprint density at radius 3 is 2.26 bits per heavy atom. The summed E-state index contributed by atoms with van der Waals surface area (Å²) in [4.78, 5) is 14.1. The Kier molecular flexibility index (Phi) is 4.20. The Morgan fingerprint density at radius 2 is 1.65 bits per heavy atom. The first-order chi connectivity index (χ1) is 11.2. The number of nitrogens with one attached hydrogen (secondary N) is 3. The Balaban J connectivity index is 1.34. The monoisotopic (exact) mass is 334 g/mol. The number of carbonyl (C=O) groups excluding carboxylic acids is 1. The molecule has 2 bridgehead atoms. The van der Waals surface area contributed by atoms with Crippen LogP contribution in [0.3, 0.4) is 0 Å². The molecule has 2 aliphatic heterocycles. The molecule has 3 aliphatic rings. The van der Waals surface area contributed by atoms with E-state index in [-0.39, 0.29) is 6.03 Å². The molecule has 23 heavy (non-hydrogen) atoms. The molecule has 1 aliphatic carbocycles. The van der Waals surface area contributed by atoms with Crippen LogP contribution in [0.2, 0.25) is 5.02 Å². The van der Waals surface area contributed by atoms with Gasteiger partial charge in [-0.25, -0.2) is 4.79 Å². The molecular weight excluding hydrogens is 310 g/mol. The lowest BCUT2D eigenvalue weighted by Crippen LogP contribution is -3.22. The van der Waals surface area contributed by atoms with Crippen molar-refractivity contribution in [1.82, 2.24) is 5.32 Å². The van der Waals surface area contributed by atoms with E-state index in [1.165, 1.54) is 32.1 Å². The Labute approximate surface area is 142 Å². The Bertz CT molecular complexity index is 558. The first kappa shape index (κ1) is 15.3. The number of hydrogen-bond donors (Lipinski definition) is 3. The lowest BCUT2D eigenvalue weighted by molar-refractivity contribution is -0.971. The molecule has 1 aromatic carbocycles. The van der Waals surface area contributed by atoms with Gasteiger partial charge in [-0.1, -0.05) is 11.6 Å². The van der Waals surface area contributed by atoms with E-state index in [0.29, 0.717) is 11.1 Å². The van der Waals surface area contributed by atoms with Gasteiger partial charge in [0.15, 0.2) is 0 Å². The number of rotatable bonds is 3. The van der Waals surface area contributed by atoms with Crippen molar-refractivity contribution in [2.75, 3.05) is 5.32 Å². The van der Waals surface area contributed by atoms with Crippen LogP contribution in [0.15, 0.2) is 24.3 Å². The molecule has 4 rings (SSSR count). The van der Waals surface area contributed by atoms with Gasteiger partial charge in [0, 0.05) is 42.4 Å². The van der Waals surface area contributed by atoms with Crippen molar-refractivity contribution in [1.29, 1.82) is 0 Å². The normalized spacial score (nSPS) is 33.1. The summed E-state index contributed by atoms with van der Waals surface area (Å²) in [6.07, 6.45) is 9.13. The van der Waals surface area contributed by atoms with E-state index < -0.39 is 0 Å². The number of carbonyl (C=O) groups is 1. The van der Waals surface area contributed by atoms with Gasteiger partial charge in [-0.15, -0.1) is 0 Å². The lowest BCUT2D eigenvalue weighted by Gasteiger charge is -2.46. The van der Waals surface area contributed by atoms with Crippen molar-refractivity contribution in [3.8, 4) is 0 Å². The number of quaternary nitrogens is 1. The second-order valence-electron chi connectivity index (χ2n) is 7.37. The summed E-state index contributed by atoms with van der Waals surface area (Å²) < 4.78 is 0. The highest BCUT2D eigenvalue weighted by Crippen LogP contribution is 2.27. The molecule has 0 spiro atoms. The largest absolute Gasteiger partial charge is 0.335 e. The van der Waals surface area contributed by atoms with Crippen molar-refractivity contribution in [3.05, 3.63) is 29.3 Å². The molecule has 124 valence electrons. The third-order valence-corrected chi connectivity index (χ3v) is 5.92. The number of benzene rings is 1. The summed E-state index contributed by atoms with van der Waals surface area (Å²) in [7, 11) is 0. The molecule has 1 saturated carbocycles. The molecule has 2 amide bonds. The fourth-order valence-electron chi connectivity index (χ4n) is 4.66. The standard InChI is InChI=1S/C18H24ClN3O/c19-12-4-6-13(7-5-12)20-18(23)21-14-10-16-2-1-3-17(11-14)22(16)15-8-9-15/h4-7,14-17H,1-3,8-11H2,(H2,20,21,23)/p+1/t14?,16-,17+. The van der Waals surface area contributed by atoms with Crippen molar-refractivity contribution in [2.45, 2.75) is 69.1 Å². The number of hydrogen-bond acceptors (Lipinski definition) is 1. The summed E-state index contributed by atoms with van der Waals surface area (Å²) in [5, 5.41) is 6.79. The topological polar surface area (TPSA) is 45.6 Å². The van der Waals surface area contributed by atoms with Crippen LogP contribution >= 0.6 is 11.6 Å². The quantitative estimate of drug-likeness (QED) is 0.781. The zero-order valence-electron chi connectivity index (χ0n) is 13.4. The van der Waals surface area contributed by atoms with Crippen LogP contribution in [0, 0.1) is 0 Å². The number of piperidine rings is 2. The maximum Gasteiger partial charge on any atom is 0.319 e. The predicted octanol–water partition coefficient (Wildman–Crippen LogP) is 2.59. The van der Waals surface area contributed by atoms with Gasteiger partial charge in [0.1, 0.15) is 0 Å². The Morgan fingerprint density at radius 1 is 1.00 bits per heavy atom. The molecule has 0 aromatic heterocycles. The zero-order valence-corrected chi connectivity index (χ0v) is 14.1. The van der Waals surface area contributed by atoms with E-state index in [2.05, 4.69) is 10.6 Å². The zero-order chi connectivity index (χ0) is 15.8. The highest BCUT2D eigenvalue weighted by atomic mass is 35.5. The fourth-order valence-corrected chi connectivity index (χ4v) is 4.78. The van der Waals surface area contributed by atoms with Crippen molar-refractivity contribution in [2.24, 2.45) is 0 Å². The van der Waals surface area contributed by atoms with Gasteiger partial charge in [-0.3, -0.25) is 0 Å². The number of urea groups is 1. The molecular formula is C18H25ClN3O+. The molecule has 5 heteroatoms. The van der Waals surface area contributed by atoms with Crippen molar-refractivity contribution < 1.29 is 9.69 Å². The summed E-state index contributed by atoms with van der Waals surface area (Å²) in [5.74, 6) is 0. The summed E-state index contributed by atoms with van der Waals surface area (Å²) in [6, 6.07) is 9.91. The van der Waals surface area contributed by atoms with Gasteiger partial charge in [-0.2, -0.15) is 0 Å². The van der Waals surface area contributed by atoms with Crippen LogP contribution in [-0.2, 0) is 0 Å². The van der Waals surface area contributed by atoms with Gasteiger partial charge in [0.2, 0.25) is 0 Å². The van der Waals surface area contributed by atoms with E-state index in [4.69, 9.17) is 11.6 Å². The molecule has 3 fully saturated rings. The van der Waals surface area contributed by atoms with Gasteiger partial charge in [-0.05, 0) is 43.5 Å². The Hall–Kier alpha value is -1.26. The molecule has 2 heterocycles. The number of amides is 2.